The lowest BCUT2D eigenvalue weighted by Crippen LogP contribution is -2.28. The van der Waals surface area contributed by atoms with Crippen molar-refractivity contribution in [2.24, 2.45) is 0 Å². The molecular weight excluding hydrogens is 233 g/mol. The second-order valence-electron chi connectivity index (χ2n) is 3.26. The van der Waals surface area contributed by atoms with Crippen LogP contribution in [0.2, 0.25) is 5.02 Å². The molecule has 0 radical (unpaired) electrons. The summed E-state index contributed by atoms with van der Waals surface area (Å²) >= 11 is 5.60. The van der Waals surface area contributed by atoms with Crippen LogP contribution in [0.4, 0.5) is 4.39 Å². The summed E-state index contributed by atoms with van der Waals surface area (Å²) < 4.78 is 18.1. The molecule has 1 amide bonds. The number of methoxy groups -OCH3 is 1. The lowest BCUT2D eigenvalue weighted by Gasteiger charge is -2.05. The van der Waals surface area contributed by atoms with Crippen LogP contribution >= 0.6 is 11.6 Å². The van der Waals surface area contributed by atoms with Gasteiger partial charge in [0.05, 0.1) is 13.0 Å². The zero-order valence-electron chi connectivity index (χ0n) is 8.93. The second-order valence-corrected chi connectivity index (χ2v) is 3.69. The van der Waals surface area contributed by atoms with Gasteiger partial charge in [-0.3, -0.25) is 4.79 Å². The molecule has 0 aliphatic rings. The van der Waals surface area contributed by atoms with Crippen molar-refractivity contribution < 1.29 is 13.9 Å². The van der Waals surface area contributed by atoms with Crippen molar-refractivity contribution in [2.75, 3.05) is 20.3 Å². The normalized spacial score (nSPS) is 10.2. The van der Waals surface area contributed by atoms with E-state index < -0.39 is 5.82 Å². The van der Waals surface area contributed by atoms with Gasteiger partial charge in [-0.1, -0.05) is 17.7 Å². The topological polar surface area (TPSA) is 38.3 Å². The standard InChI is InChI=1S/C11H13ClFNO2/c1-16-5-4-14-11(15)6-8-2-3-9(12)7-10(8)13/h2-3,7H,4-6H2,1H3,(H,14,15). The van der Waals surface area contributed by atoms with E-state index in [4.69, 9.17) is 16.3 Å². The zero-order valence-corrected chi connectivity index (χ0v) is 9.68. The van der Waals surface area contributed by atoms with Crippen LogP contribution < -0.4 is 5.32 Å². The van der Waals surface area contributed by atoms with E-state index >= 15 is 0 Å². The molecule has 0 saturated heterocycles. The highest BCUT2D eigenvalue weighted by Crippen LogP contribution is 2.14. The number of hydrogen-bond acceptors (Lipinski definition) is 2. The van der Waals surface area contributed by atoms with E-state index in [1.807, 2.05) is 0 Å². The fourth-order valence-electron chi connectivity index (χ4n) is 1.19. The first-order valence-corrected chi connectivity index (χ1v) is 5.21. The van der Waals surface area contributed by atoms with Gasteiger partial charge in [0.15, 0.2) is 0 Å². The third-order valence-electron chi connectivity index (χ3n) is 1.99. The van der Waals surface area contributed by atoms with Gasteiger partial charge in [0.1, 0.15) is 5.82 Å². The third kappa shape index (κ3) is 4.16. The van der Waals surface area contributed by atoms with Gasteiger partial charge in [0, 0.05) is 18.7 Å². The molecule has 0 unspecified atom stereocenters. The highest BCUT2D eigenvalue weighted by molar-refractivity contribution is 6.30. The molecule has 88 valence electrons. The number of ether oxygens (including phenoxy) is 1. The van der Waals surface area contributed by atoms with E-state index in [1.54, 1.807) is 13.2 Å². The summed E-state index contributed by atoms with van der Waals surface area (Å²) in [4.78, 5) is 11.4. The first-order valence-electron chi connectivity index (χ1n) is 4.83. The molecular formula is C11H13ClFNO2. The average molecular weight is 246 g/mol. The van der Waals surface area contributed by atoms with Crippen molar-refractivity contribution in [3.8, 4) is 0 Å². The maximum atomic E-state index is 13.3. The Labute approximate surface area is 98.5 Å². The molecule has 0 atom stereocenters. The molecule has 1 aromatic carbocycles. The molecule has 3 nitrogen and oxygen atoms in total. The molecule has 0 aliphatic heterocycles. The monoisotopic (exact) mass is 245 g/mol. The number of carbonyl (C=O) groups is 1. The molecule has 1 aromatic rings. The first kappa shape index (κ1) is 12.9. The van der Waals surface area contributed by atoms with Crippen molar-refractivity contribution >= 4 is 17.5 Å². The Kier molecular flexibility index (Phi) is 5.22. The number of rotatable bonds is 5. The van der Waals surface area contributed by atoms with Crippen molar-refractivity contribution in [1.82, 2.24) is 5.32 Å². The minimum Gasteiger partial charge on any atom is -0.383 e. The number of halogens is 2. The largest absolute Gasteiger partial charge is 0.383 e. The number of benzene rings is 1. The van der Waals surface area contributed by atoms with E-state index in [1.165, 1.54) is 12.1 Å². The summed E-state index contributed by atoms with van der Waals surface area (Å²) in [5, 5.41) is 2.93. The number of amides is 1. The molecule has 0 spiro atoms. The maximum Gasteiger partial charge on any atom is 0.224 e. The quantitative estimate of drug-likeness (QED) is 0.804. The van der Waals surface area contributed by atoms with Crippen LogP contribution in [0.25, 0.3) is 0 Å². The van der Waals surface area contributed by atoms with E-state index in [2.05, 4.69) is 5.32 Å². The van der Waals surface area contributed by atoms with Crippen molar-refractivity contribution in [2.45, 2.75) is 6.42 Å². The van der Waals surface area contributed by atoms with Gasteiger partial charge in [-0.2, -0.15) is 0 Å². The van der Waals surface area contributed by atoms with Gasteiger partial charge in [0.25, 0.3) is 0 Å². The Morgan fingerprint density at radius 2 is 2.31 bits per heavy atom. The van der Waals surface area contributed by atoms with Gasteiger partial charge in [0.2, 0.25) is 5.91 Å². The Morgan fingerprint density at radius 1 is 1.56 bits per heavy atom. The predicted octanol–water partition coefficient (Wildman–Crippen LogP) is 1.78. The smallest absolute Gasteiger partial charge is 0.224 e. The first-order chi connectivity index (χ1) is 7.63. The molecule has 0 heterocycles. The Morgan fingerprint density at radius 3 is 2.94 bits per heavy atom. The molecule has 5 heteroatoms. The fraction of sp³-hybridized carbons (Fsp3) is 0.364. The Bertz CT molecular complexity index is 371. The van der Waals surface area contributed by atoms with Crippen LogP contribution in [0.3, 0.4) is 0 Å². The van der Waals surface area contributed by atoms with Crippen LogP contribution in [0.15, 0.2) is 18.2 Å². The van der Waals surface area contributed by atoms with Gasteiger partial charge in [-0.15, -0.1) is 0 Å². The van der Waals surface area contributed by atoms with Gasteiger partial charge in [-0.05, 0) is 17.7 Å². The van der Waals surface area contributed by atoms with Crippen LogP contribution in [0.5, 0.6) is 0 Å². The van der Waals surface area contributed by atoms with E-state index in [9.17, 15) is 9.18 Å². The Hall–Kier alpha value is -1.13. The number of hydrogen-bond donors (Lipinski definition) is 1. The Balaban J connectivity index is 2.49. The summed E-state index contributed by atoms with van der Waals surface area (Å²) in [6.45, 7) is 0.860. The lowest BCUT2D eigenvalue weighted by atomic mass is 10.1. The summed E-state index contributed by atoms with van der Waals surface area (Å²) in [7, 11) is 1.55. The van der Waals surface area contributed by atoms with Crippen LogP contribution in [-0.4, -0.2) is 26.2 Å². The summed E-state index contributed by atoms with van der Waals surface area (Å²) in [6, 6.07) is 4.26. The van der Waals surface area contributed by atoms with Crippen molar-refractivity contribution in [3.05, 3.63) is 34.6 Å². The summed E-state index contributed by atoms with van der Waals surface area (Å²) in [5.74, 6) is -0.701. The van der Waals surface area contributed by atoms with Crippen LogP contribution in [0.1, 0.15) is 5.56 Å². The fourth-order valence-corrected chi connectivity index (χ4v) is 1.35. The van der Waals surface area contributed by atoms with Crippen LogP contribution in [0, 0.1) is 5.82 Å². The molecule has 0 bridgehead atoms. The highest BCUT2D eigenvalue weighted by Gasteiger charge is 2.07. The molecule has 1 rings (SSSR count). The maximum absolute atomic E-state index is 13.3. The van der Waals surface area contributed by atoms with Crippen molar-refractivity contribution in [3.63, 3.8) is 0 Å². The molecule has 1 N–H and O–H groups in total. The predicted molar refractivity (Wildman–Crippen MR) is 60.0 cm³/mol. The number of carbonyl (C=O) groups excluding carboxylic acids is 1. The minimum absolute atomic E-state index is 0.00666. The van der Waals surface area contributed by atoms with Gasteiger partial charge < -0.3 is 10.1 Å². The average Bonchev–Trinajstić information content (AvgIpc) is 2.23. The highest BCUT2D eigenvalue weighted by atomic mass is 35.5. The zero-order chi connectivity index (χ0) is 12.0. The van der Waals surface area contributed by atoms with Crippen molar-refractivity contribution in [1.29, 1.82) is 0 Å². The SMILES string of the molecule is COCCNC(=O)Cc1ccc(Cl)cc1F. The molecule has 0 aliphatic carbocycles. The van der Waals surface area contributed by atoms with E-state index in [-0.39, 0.29) is 12.3 Å². The van der Waals surface area contributed by atoms with E-state index in [0.717, 1.165) is 0 Å². The van der Waals surface area contributed by atoms with Gasteiger partial charge in [-0.25, -0.2) is 4.39 Å². The minimum atomic E-state index is -0.464. The molecule has 0 aromatic heterocycles. The van der Waals surface area contributed by atoms with E-state index in [0.29, 0.717) is 23.7 Å². The molecule has 16 heavy (non-hydrogen) atoms. The van der Waals surface area contributed by atoms with Crippen LogP contribution in [-0.2, 0) is 16.0 Å². The second kappa shape index (κ2) is 6.45. The summed E-state index contributed by atoms with van der Waals surface area (Å²) in [5.41, 5.74) is 0.333. The lowest BCUT2D eigenvalue weighted by molar-refractivity contribution is -0.120. The molecule has 0 saturated carbocycles. The molecule has 0 fully saturated rings. The number of nitrogens with one attached hydrogen (secondary N) is 1. The third-order valence-corrected chi connectivity index (χ3v) is 2.23. The summed E-state index contributed by atoms with van der Waals surface area (Å²) in [6.07, 6.45) is 0.00666. The van der Waals surface area contributed by atoms with Gasteiger partial charge >= 0.3 is 0 Å².